The average molecular weight is 359 g/mol. The number of benzene rings is 2. The monoisotopic (exact) mass is 358 g/mol. The van der Waals surface area contributed by atoms with Gasteiger partial charge in [-0.05, 0) is 74.9 Å². The summed E-state index contributed by atoms with van der Waals surface area (Å²) in [5, 5.41) is 0.540. The smallest absolute Gasteiger partial charge is 0.258 e. The Morgan fingerprint density at radius 2 is 1.92 bits per heavy atom. The standard InChI is InChI=1S/C20H20ClFN2O/c1-23-9-7-20(8-10-23)13-24(18-6-5-16(22)12-17(18)20)19(25)14-3-2-4-15(21)11-14/h2-6,11-12H,7-10,13H2,1H3. The number of carbonyl (C=O) groups is 1. The number of rotatable bonds is 1. The molecule has 0 aliphatic carbocycles. The molecule has 0 atom stereocenters. The van der Waals surface area contributed by atoms with E-state index in [0.717, 1.165) is 37.2 Å². The Bertz CT molecular complexity index is 830. The van der Waals surface area contributed by atoms with Gasteiger partial charge in [0.15, 0.2) is 0 Å². The number of nitrogens with zero attached hydrogens (tertiary/aromatic N) is 2. The number of hydrogen-bond donors (Lipinski definition) is 0. The van der Waals surface area contributed by atoms with Crippen LogP contribution in [-0.2, 0) is 5.41 Å². The Morgan fingerprint density at radius 1 is 1.16 bits per heavy atom. The molecule has 25 heavy (non-hydrogen) atoms. The number of piperidine rings is 1. The van der Waals surface area contributed by atoms with Gasteiger partial charge in [-0.25, -0.2) is 4.39 Å². The van der Waals surface area contributed by atoms with Crippen LogP contribution in [0.3, 0.4) is 0 Å². The number of hydrogen-bond acceptors (Lipinski definition) is 2. The van der Waals surface area contributed by atoms with Gasteiger partial charge in [0.05, 0.1) is 0 Å². The van der Waals surface area contributed by atoms with Crippen molar-refractivity contribution in [3.8, 4) is 0 Å². The van der Waals surface area contributed by atoms with Gasteiger partial charge in [0.1, 0.15) is 5.82 Å². The molecule has 0 radical (unpaired) electrons. The van der Waals surface area contributed by atoms with E-state index in [1.54, 1.807) is 41.3 Å². The summed E-state index contributed by atoms with van der Waals surface area (Å²) in [6, 6.07) is 11.8. The highest BCUT2D eigenvalue weighted by atomic mass is 35.5. The van der Waals surface area contributed by atoms with E-state index in [1.807, 2.05) is 0 Å². The molecule has 2 aliphatic rings. The summed E-state index contributed by atoms with van der Waals surface area (Å²) in [6.45, 7) is 2.51. The van der Waals surface area contributed by atoms with Crippen molar-refractivity contribution >= 4 is 23.2 Å². The van der Waals surface area contributed by atoms with Gasteiger partial charge < -0.3 is 9.80 Å². The third-order valence-corrected chi connectivity index (χ3v) is 5.78. The molecule has 5 heteroatoms. The SMILES string of the molecule is CN1CCC2(CC1)CN(C(=O)c1cccc(Cl)c1)c1ccc(F)cc12. The first-order valence-corrected chi connectivity index (χ1v) is 8.92. The second-order valence-corrected chi connectivity index (χ2v) is 7.58. The second-order valence-electron chi connectivity index (χ2n) is 7.15. The van der Waals surface area contributed by atoms with Crippen LogP contribution in [0.1, 0.15) is 28.8 Å². The highest BCUT2D eigenvalue weighted by Crippen LogP contribution is 2.47. The molecular weight excluding hydrogens is 339 g/mol. The van der Waals surface area contributed by atoms with Crippen molar-refractivity contribution in [1.29, 1.82) is 0 Å². The Hall–Kier alpha value is -1.91. The maximum atomic E-state index is 13.9. The van der Waals surface area contributed by atoms with Crippen molar-refractivity contribution in [3.05, 3.63) is 64.4 Å². The lowest BCUT2D eigenvalue weighted by atomic mass is 9.74. The summed E-state index contributed by atoms with van der Waals surface area (Å²) < 4.78 is 13.9. The van der Waals surface area contributed by atoms with Crippen LogP contribution in [0.2, 0.25) is 5.02 Å². The Labute approximate surface area is 152 Å². The van der Waals surface area contributed by atoms with E-state index in [-0.39, 0.29) is 17.1 Å². The maximum Gasteiger partial charge on any atom is 0.258 e. The molecule has 3 nitrogen and oxygen atoms in total. The van der Waals surface area contributed by atoms with E-state index in [0.29, 0.717) is 17.1 Å². The summed E-state index contributed by atoms with van der Waals surface area (Å²) in [5.41, 5.74) is 2.21. The van der Waals surface area contributed by atoms with Crippen LogP contribution in [0.4, 0.5) is 10.1 Å². The fraction of sp³-hybridized carbons (Fsp3) is 0.350. The van der Waals surface area contributed by atoms with Gasteiger partial charge in [-0.2, -0.15) is 0 Å². The van der Waals surface area contributed by atoms with Crippen LogP contribution in [0.5, 0.6) is 0 Å². The van der Waals surface area contributed by atoms with Crippen LogP contribution in [0.15, 0.2) is 42.5 Å². The molecule has 0 saturated carbocycles. The fourth-order valence-corrected chi connectivity index (χ4v) is 4.26. The third-order valence-electron chi connectivity index (χ3n) is 5.54. The summed E-state index contributed by atoms with van der Waals surface area (Å²) in [7, 11) is 2.10. The average Bonchev–Trinajstić information content (AvgIpc) is 2.91. The van der Waals surface area contributed by atoms with E-state index in [9.17, 15) is 9.18 Å². The van der Waals surface area contributed by atoms with Crippen molar-refractivity contribution in [2.75, 3.05) is 31.6 Å². The number of likely N-dealkylation sites (tertiary alicyclic amines) is 1. The second kappa shape index (κ2) is 6.11. The molecular formula is C20H20ClFN2O. The zero-order chi connectivity index (χ0) is 17.6. The number of carbonyl (C=O) groups excluding carboxylic acids is 1. The van der Waals surface area contributed by atoms with Crippen molar-refractivity contribution in [1.82, 2.24) is 4.90 Å². The molecule has 0 aromatic heterocycles. The largest absolute Gasteiger partial charge is 0.307 e. The van der Waals surface area contributed by atoms with E-state index in [2.05, 4.69) is 11.9 Å². The first-order chi connectivity index (χ1) is 12.0. The maximum absolute atomic E-state index is 13.9. The minimum absolute atomic E-state index is 0.0776. The number of anilines is 1. The Morgan fingerprint density at radius 3 is 2.64 bits per heavy atom. The first kappa shape index (κ1) is 16.6. The van der Waals surface area contributed by atoms with Crippen LogP contribution >= 0.6 is 11.6 Å². The van der Waals surface area contributed by atoms with Crippen LogP contribution in [-0.4, -0.2) is 37.5 Å². The van der Waals surface area contributed by atoms with Crippen molar-refractivity contribution in [3.63, 3.8) is 0 Å². The molecule has 4 rings (SSSR count). The highest BCUT2D eigenvalue weighted by molar-refractivity contribution is 6.31. The number of amides is 1. The van der Waals surface area contributed by atoms with Crippen LogP contribution in [0, 0.1) is 5.82 Å². The topological polar surface area (TPSA) is 23.6 Å². The lowest BCUT2D eigenvalue weighted by Crippen LogP contribution is -2.44. The quantitative estimate of drug-likeness (QED) is 0.766. The molecule has 130 valence electrons. The van der Waals surface area contributed by atoms with Crippen molar-refractivity contribution < 1.29 is 9.18 Å². The minimum atomic E-state index is -0.242. The summed E-state index contributed by atoms with van der Waals surface area (Å²) in [4.78, 5) is 17.2. The Kier molecular flexibility index (Phi) is 4.05. The van der Waals surface area contributed by atoms with E-state index in [4.69, 9.17) is 11.6 Å². The highest BCUT2D eigenvalue weighted by Gasteiger charge is 2.46. The third kappa shape index (κ3) is 2.83. The van der Waals surface area contributed by atoms with Gasteiger partial charge >= 0.3 is 0 Å². The number of fused-ring (bicyclic) bond motifs is 2. The lowest BCUT2D eigenvalue weighted by Gasteiger charge is -2.38. The molecule has 2 heterocycles. The zero-order valence-electron chi connectivity index (χ0n) is 14.1. The molecule has 1 spiro atoms. The summed E-state index contributed by atoms with van der Waals surface area (Å²) in [6.07, 6.45) is 1.86. The van der Waals surface area contributed by atoms with E-state index < -0.39 is 0 Å². The van der Waals surface area contributed by atoms with Gasteiger partial charge in [0, 0.05) is 28.2 Å². The van der Waals surface area contributed by atoms with E-state index >= 15 is 0 Å². The van der Waals surface area contributed by atoms with Crippen LogP contribution < -0.4 is 4.90 Å². The van der Waals surface area contributed by atoms with Gasteiger partial charge in [-0.1, -0.05) is 17.7 Å². The van der Waals surface area contributed by atoms with Gasteiger partial charge in [-0.3, -0.25) is 4.79 Å². The molecule has 1 amide bonds. The summed E-state index contributed by atoms with van der Waals surface area (Å²) >= 11 is 6.05. The van der Waals surface area contributed by atoms with Gasteiger partial charge in [0.25, 0.3) is 5.91 Å². The van der Waals surface area contributed by atoms with Crippen LogP contribution in [0.25, 0.3) is 0 Å². The molecule has 0 unspecified atom stereocenters. The lowest BCUT2D eigenvalue weighted by molar-refractivity contribution is 0.0979. The molecule has 2 aromatic rings. The van der Waals surface area contributed by atoms with E-state index in [1.165, 1.54) is 6.07 Å². The zero-order valence-corrected chi connectivity index (χ0v) is 14.9. The molecule has 1 fully saturated rings. The van der Waals surface area contributed by atoms with Gasteiger partial charge in [0.2, 0.25) is 0 Å². The molecule has 1 saturated heterocycles. The molecule has 0 N–H and O–H groups in total. The first-order valence-electron chi connectivity index (χ1n) is 8.55. The molecule has 2 aliphatic heterocycles. The van der Waals surface area contributed by atoms with Gasteiger partial charge in [-0.15, -0.1) is 0 Å². The number of halogens is 2. The predicted octanol–water partition coefficient (Wildman–Crippen LogP) is 4.10. The van der Waals surface area contributed by atoms with Crippen molar-refractivity contribution in [2.24, 2.45) is 0 Å². The molecule has 2 aromatic carbocycles. The Balaban J connectivity index is 1.75. The summed E-state index contributed by atoms with van der Waals surface area (Å²) in [5.74, 6) is -0.319. The van der Waals surface area contributed by atoms with Crippen molar-refractivity contribution in [2.45, 2.75) is 18.3 Å². The predicted molar refractivity (Wildman–Crippen MR) is 97.9 cm³/mol. The molecule has 0 bridgehead atoms. The fourth-order valence-electron chi connectivity index (χ4n) is 4.07. The minimum Gasteiger partial charge on any atom is -0.307 e. The normalized spacial score (nSPS) is 19.2.